The van der Waals surface area contributed by atoms with Gasteiger partial charge in [-0.05, 0) is 36.9 Å². The molecule has 2 heteroatoms. The molecule has 0 unspecified atom stereocenters. The fourth-order valence-corrected chi connectivity index (χ4v) is 2.90. The summed E-state index contributed by atoms with van der Waals surface area (Å²) in [6.45, 7) is 6.75. The van der Waals surface area contributed by atoms with Gasteiger partial charge in [-0.1, -0.05) is 32.8 Å². The number of nitrogens with one attached hydrogen (secondary N) is 1. The molecule has 0 spiro atoms. The first-order valence-corrected chi connectivity index (χ1v) is 6.84. The zero-order chi connectivity index (χ0) is 12.1. The highest BCUT2D eigenvalue weighted by atomic mass is 14.9. The van der Waals surface area contributed by atoms with Crippen LogP contribution in [0.15, 0.2) is 24.5 Å². The van der Waals surface area contributed by atoms with Crippen molar-refractivity contribution in [3.05, 3.63) is 30.1 Å². The van der Waals surface area contributed by atoms with E-state index >= 15 is 0 Å². The van der Waals surface area contributed by atoms with Crippen LogP contribution in [-0.2, 0) is 5.41 Å². The highest BCUT2D eigenvalue weighted by Gasteiger charge is 2.35. The molecule has 1 fully saturated rings. The van der Waals surface area contributed by atoms with E-state index in [9.17, 15) is 0 Å². The van der Waals surface area contributed by atoms with Crippen molar-refractivity contribution in [1.29, 1.82) is 0 Å². The molecule has 0 aromatic carbocycles. The predicted molar refractivity (Wildman–Crippen MR) is 72.1 cm³/mol. The standard InChI is InChI=1S/C15H24N2/c1-13(2)10-17-12-15(7-3-4-8-15)14-6-5-9-16-11-14/h5-6,9,11,13,17H,3-4,7-8,10,12H2,1-2H3. The molecule has 0 saturated heterocycles. The minimum Gasteiger partial charge on any atom is -0.316 e. The molecule has 0 bridgehead atoms. The number of rotatable bonds is 5. The van der Waals surface area contributed by atoms with Crippen molar-refractivity contribution in [2.75, 3.05) is 13.1 Å². The fourth-order valence-electron chi connectivity index (χ4n) is 2.90. The highest BCUT2D eigenvalue weighted by Crippen LogP contribution is 2.40. The largest absolute Gasteiger partial charge is 0.316 e. The van der Waals surface area contributed by atoms with Crippen molar-refractivity contribution in [3.63, 3.8) is 0 Å². The fraction of sp³-hybridized carbons (Fsp3) is 0.667. The van der Waals surface area contributed by atoms with Crippen molar-refractivity contribution in [1.82, 2.24) is 10.3 Å². The molecule has 1 aliphatic carbocycles. The van der Waals surface area contributed by atoms with E-state index in [1.165, 1.54) is 31.2 Å². The normalized spacial score (nSPS) is 18.8. The molecule has 1 saturated carbocycles. The molecule has 0 aliphatic heterocycles. The van der Waals surface area contributed by atoms with Gasteiger partial charge < -0.3 is 5.32 Å². The van der Waals surface area contributed by atoms with Crippen molar-refractivity contribution < 1.29 is 0 Å². The molecule has 1 aromatic heterocycles. The number of aromatic nitrogens is 1. The van der Waals surface area contributed by atoms with E-state index in [4.69, 9.17) is 0 Å². The van der Waals surface area contributed by atoms with E-state index in [1.54, 1.807) is 0 Å². The molecule has 1 heterocycles. The topological polar surface area (TPSA) is 24.9 Å². The maximum atomic E-state index is 4.29. The molecular weight excluding hydrogens is 208 g/mol. The second-order valence-electron chi connectivity index (χ2n) is 5.75. The summed E-state index contributed by atoms with van der Waals surface area (Å²) in [6, 6.07) is 4.31. The first-order valence-electron chi connectivity index (χ1n) is 6.84. The Labute approximate surface area is 105 Å². The average molecular weight is 232 g/mol. The van der Waals surface area contributed by atoms with Crippen molar-refractivity contribution >= 4 is 0 Å². The molecule has 0 radical (unpaired) electrons. The van der Waals surface area contributed by atoms with E-state index in [-0.39, 0.29) is 0 Å². The van der Waals surface area contributed by atoms with Gasteiger partial charge in [-0.3, -0.25) is 4.98 Å². The van der Waals surface area contributed by atoms with E-state index in [0.717, 1.165) is 19.0 Å². The van der Waals surface area contributed by atoms with Gasteiger partial charge in [0.1, 0.15) is 0 Å². The third-order valence-electron chi connectivity index (χ3n) is 3.85. The minimum absolute atomic E-state index is 0.350. The molecule has 0 amide bonds. The lowest BCUT2D eigenvalue weighted by Gasteiger charge is -2.30. The summed E-state index contributed by atoms with van der Waals surface area (Å²) in [7, 11) is 0. The lowest BCUT2D eigenvalue weighted by molar-refractivity contribution is 0.390. The van der Waals surface area contributed by atoms with Gasteiger partial charge in [-0.25, -0.2) is 0 Å². The maximum Gasteiger partial charge on any atom is 0.0306 e. The van der Waals surface area contributed by atoms with Crippen LogP contribution in [0.5, 0.6) is 0 Å². The van der Waals surface area contributed by atoms with Crippen LogP contribution in [0, 0.1) is 5.92 Å². The van der Waals surface area contributed by atoms with Crippen LogP contribution in [0.25, 0.3) is 0 Å². The van der Waals surface area contributed by atoms with Gasteiger partial charge in [0.05, 0.1) is 0 Å². The second-order valence-corrected chi connectivity index (χ2v) is 5.75. The van der Waals surface area contributed by atoms with Crippen LogP contribution < -0.4 is 5.32 Å². The molecule has 17 heavy (non-hydrogen) atoms. The summed E-state index contributed by atoms with van der Waals surface area (Å²) in [5.41, 5.74) is 1.78. The summed E-state index contributed by atoms with van der Waals surface area (Å²) in [4.78, 5) is 4.29. The van der Waals surface area contributed by atoms with Crippen LogP contribution in [-0.4, -0.2) is 18.1 Å². The van der Waals surface area contributed by atoms with E-state index in [2.05, 4.69) is 42.5 Å². The Morgan fingerprint density at radius 1 is 1.35 bits per heavy atom. The van der Waals surface area contributed by atoms with Crippen LogP contribution in [0.2, 0.25) is 0 Å². The molecule has 94 valence electrons. The monoisotopic (exact) mass is 232 g/mol. The number of nitrogens with zero attached hydrogens (tertiary/aromatic N) is 1. The van der Waals surface area contributed by atoms with Crippen molar-refractivity contribution in [3.8, 4) is 0 Å². The van der Waals surface area contributed by atoms with E-state index in [1.807, 2.05) is 6.20 Å². The molecule has 1 aliphatic rings. The zero-order valence-electron chi connectivity index (χ0n) is 11.1. The van der Waals surface area contributed by atoms with Gasteiger partial charge in [-0.2, -0.15) is 0 Å². The van der Waals surface area contributed by atoms with Crippen molar-refractivity contribution in [2.45, 2.75) is 44.9 Å². The van der Waals surface area contributed by atoms with Crippen LogP contribution in [0.1, 0.15) is 45.1 Å². The summed E-state index contributed by atoms with van der Waals surface area (Å²) in [6.07, 6.45) is 9.26. The summed E-state index contributed by atoms with van der Waals surface area (Å²) >= 11 is 0. The molecular formula is C15H24N2. The Balaban J connectivity index is 2.05. The maximum absolute atomic E-state index is 4.29. The zero-order valence-corrected chi connectivity index (χ0v) is 11.1. The third kappa shape index (κ3) is 3.06. The first-order chi connectivity index (χ1) is 8.23. The molecule has 2 rings (SSSR count). The molecule has 2 nitrogen and oxygen atoms in total. The number of hydrogen-bond donors (Lipinski definition) is 1. The summed E-state index contributed by atoms with van der Waals surface area (Å²) in [5, 5.41) is 3.64. The predicted octanol–water partition coefficient (Wildman–Crippen LogP) is 3.14. The average Bonchev–Trinajstić information content (AvgIpc) is 2.80. The lowest BCUT2D eigenvalue weighted by atomic mass is 9.79. The van der Waals surface area contributed by atoms with Gasteiger partial charge in [0, 0.05) is 24.4 Å². The van der Waals surface area contributed by atoms with Crippen LogP contribution >= 0.6 is 0 Å². The Kier molecular flexibility index (Phi) is 4.16. The Bertz CT molecular complexity index is 326. The summed E-state index contributed by atoms with van der Waals surface area (Å²) in [5.74, 6) is 0.724. The van der Waals surface area contributed by atoms with Gasteiger partial charge in [0.15, 0.2) is 0 Å². The Hall–Kier alpha value is -0.890. The van der Waals surface area contributed by atoms with E-state index < -0.39 is 0 Å². The van der Waals surface area contributed by atoms with Crippen molar-refractivity contribution in [2.24, 2.45) is 5.92 Å². The van der Waals surface area contributed by atoms with Gasteiger partial charge >= 0.3 is 0 Å². The Morgan fingerprint density at radius 2 is 2.12 bits per heavy atom. The van der Waals surface area contributed by atoms with Gasteiger partial charge in [-0.15, -0.1) is 0 Å². The molecule has 0 atom stereocenters. The smallest absolute Gasteiger partial charge is 0.0306 e. The first kappa shape index (κ1) is 12.6. The summed E-state index contributed by atoms with van der Waals surface area (Å²) < 4.78 is 0. The lowest BCUT2D eigenvalue weighted by Crippen LogP contribution is -2.37. The SMILES string of the molecule is CC(C)CNCC1(c2cccnc2)CCCC1. The quantitative estimate of drug-likeness (QED) is 0.843. The van der Waals surface area contributed by atoms with Gasteiger partial charge in [0.25, 0.3) is 0 Å². The minimum atomic E-state index is 0.350. The number of hydrogen-bond acceptors (Lipinski definition) is 2. The number of pyridine rings is 1. The van der Waals surface area contributed by atoms with Gasteiger partial charge in [0.2, 0.25) is 0 Å². The van der Waals surface area contributed by atoms with E-state index in [0.29, 0.717) is 5.41 Å². The molecule has 1 aromatic rings. The van der Waals surface area contributed by atoms with Crippen LogP contribution in [0.4, 0.5) is 0 Å². The third-order valence-corrected chi connectivity index (χ3v) is 3.85. The highest BCUT2D eigenvalue weighted by molar-refractivity contribution is 5.24. The Morgan fingerprint density at radius 3 is 2.71 bits per heavy atom. The molecule has 1 N–H and O–H groups in total. The van der Waals surface area contributed by atoms with Crippen LogP contribution in [0.3, 0.4) is 0 Å². The second kappa shape index (κ2) is 5.63.